The van der Waals surface area contributed by atoms with Crippen LogP contribution in [-0.4, -0.2) is 23.9 Å². The Morgan fingerprint density at radius 1 is 1.24 bits per heavy atom. The van der Waals surface area contributed by atoms with Crippen molar-refractivity contribution >= 4 is 23.4 Å². The third-order valence-electron chi connectivity index (χ3n) is 3.14. The summed E-state index contributed by atoms with van der Waals surface area (Å²) in [5.74, 6) is -0.291. The van der Waals surface area contributed by atoms with Crippen LogP contribution in [0.3, 0.4) is 0 Å². The first-order chi connectivity index (χ1) is 10.1. The lowest BCUT2D eigenvalue weighted by Crippen LogP contribution is -2.14. The first-order valence-electron chi connectivity index (χ1n) is 6.46. The minimum atomic E-state index is -0.845. The van der Waals surface area contributed by atoms with Gasteiger partial charge >= 0.3 is 5.97 Å². The molecule has 0 aliphatic heterocycles. The van der Waals surface area contributed by atoms with E-state index in [1.807, 2.05) is 24.3 Å². The van der Waals surface area contributed by atoms with Gasteiger partial charge in [-0.1, -0.05) is 24.3 Å². The van der Waals surface area contributed by atoms with Crippen LogP contribution >= 0.6 is 11.8 Å². The topological polar surface area (TPSA) is 72.5 Å². The number of carbonyl (C=O) groups is 1. The molecule has 21 heavy (non-hydrogen) atoms. The van der Waals surface area contributed by atoms with Gasteiger partial charge in [0.25, 0.3) is 0 Å². The molecule has 3 N–H and O–H groups in total. The number of benzene rings is 2. The number of para-hydroxylation sites is 1. The fraction of sp³-hybridized carbons (Fsp3) is 0.188. The van der Waals surface area contributed by atoms with E-state index in [4.69, 9.17) is 10.5 Å². The van der Waals surface area contributed by atoms with Gasteiger partial charge in [0.15, 0.2) is 0 Å². The number of carboxylic acid groups (broad SMARTS) is 1. The van der Waals surface area contributed by atoms with Gasteiger partial charge < -0.3 is 15.6 Å². The molecule has 4 nitrogen and oxygen atoms in total. The Hall–Kier alpha value is -2.14. The van der Waals surface area contributed by atoms with E-state index in [0.717, 1.165) is 10.5 Å². The second-order valence-corrected chi connectivity index (χ2v) is 5.57. The van der Waals surface area contributed by atoms with E-state index in [9.17, 15) is 9.90 Å². The third-order valence-corrected chi connectivity index (χ3v) is 4.32. The Balaban J connectivity index is 2.12. The highest BCUT2D eigenvalue weighted by Crippen LogP contribution is 2.30. The lowest BCUT2D eigenvalue weighted by Gasteiger charge is -2.13. The number of anilines is 1. The van der Waals surface area contributed by atoms with Gasteiger partial charge in [-0.2, -0.15) is 0 Å². The molecule has 0 spiro atoms. The predicted molar refractivity (Wildman–Crippen MR) is 84.9 cm³/mol. The minimum absolute atomic E-state index is 0.426. The summed E-state index contributed by atoms with van der Waals surface area (Å²) in [7, 11) is 1.58. The highest BCUT2D eigenvalue weighted by Gasteiger charge is 2.20. The number of nitrogens with two attached hydrogens (primary N) is 1. The lowest BCUT2D eigenvalue weighted by molar-refractivity contribution is -0.138. The van der Waals surface area contributed by atoms with E-state index in [1.165, 1.54) is 11.8 Å². The van der Waals surface area contributed by atoms with E-state index in [1.54, 1.807) is 31.4 Å². The molecule has 1 atom stereocenters. The third kappa shape index (κ3) is 3.92. The summed E-state index contributed by atoms with van der Waals surface area (Å²) in [5.41, 5.74) is 7.30. The molecule has 0 aliphatic carbocycles. The molecular weight excluding hydrogens is 286 g/mol. The smallest absolute Gasteiger partial charge is 0.311 e. The SMILES string of the molecule is COc1ccc(C(CSc2ccccc2N)C(=O)O)cc1. The molecule has 0 aliphatic rings. The Bertz CT molecular complexity index is 613. The molecule has 0 saturated carbocycles. The fourth-order valence-electron chi connectivity index (χ4n) is 1.93. The second-order valence-electron chi connectivity index (χ2n) is 4.51. The van der Waals surface area contributed by atoms with Gasteiger partial charge in [-0.3, -0.25) is 4.79 Å². The number of hydrogen-bond donors (Lipinski definition) is 2. The van der Waals surface area contributed by atoms with Gasteiger partial charge in [-0.25, -0.2) is 0 Å². The number of methoxy groups -OCH3 is 1. The van der Waals surface area contributed by atoms with Crippen LogP contribution in [0.1, 0.15) is 11.5 Å². The maximum absolute atomic E-state index is 11.5. The van der Waals surface area contributed by atoms with Crippen LogP contribution in [0.2, 0.25) is 0 Å². The molecule has 0 fully saturated rings. The monoisotopic (exact) mass is 303 g/mol. The molecule has 0 aromatic heterocycles. The molecule has 1 unspecified atom stereocenters. The van der Waals surface area contributed by atoms with Gasteiger partial charge in [-0.15, -0.1) is 11.8 Å². The van der Waals surface area contributed by atoms with Gasteiger partial charge in [0.05, 0.1) is 13.0 Å². The van der Waals surface area contributed by atoms with Gasteiger partial charge in [0.1, 0.15) is 5.75 Å². The van der Waals surface area contributed by atoms with Gasteiger partial charge in [0, 0.05) is 16.3 Å². The van der Waals surface area contributed by atoms with Crippen molar-refractivity contribution in [3.63, 3.8) is 0 Å². The summed E-state index contributed by atoms with van der Waals surface area (Å²) in [6.07, 6.45) is 0. The number of nitrogen functional groups attached to an aromatic ring is 1. The van der Waals surface area contributed by atoms with Crippen molar-refractivity contribution in [3.8, 4) is 5.75 Å². The van der Waals surface area contributed by atoms with Crippen LogP contribution in [0.5, 0.6) is 5.75 Å². The summed E-state index contributed by atoms with van der Waals surface area (Å²) in [5, 5.41) is 9.42. The summed E-state index contributed by atoms with van der Waals surface area (Å²) in [6.45, 7) is 0. The van der Waals surface area contributed by atoms with E-state index >= 15 is 0 Å². The fourth-order valence-corrected chi connectivity index (χ4v) is 3.02. The van der Waals surface area contributed by atoms with Crippen LogP contribution in [0.25, 0.3) is 0 Å². The zero-order chi connectivity index (χ0) is 15.2. The molecule has 2 aromatic carbocycles. The number of rotatable bonds is 6. The number of carboxylic acids is 1. The number of hydrogen-bond acceptors (Lipinski definition) is 4. The Kier molecular flexibility index (Phi) is 5.11. The maximum atomic E-state index is 11.5. The van der Waals surface area contributed by atoms with Crippen LogP contribution in [0, 0.1) is 0 Å². The average molecular weight is 303 g/mol. The van der Waals surface area contributed by atoms with Crippen molar-refractivity contribution in [3.05, 3.63) is 54.1 Å². The van der Waals surface area contributed by atoms with Crippen LogP contribution in [0.4, 0.5) is 5.69 Å². The predicted octanol–water partition coefficient (Wildman–Crippen LogP) is 3.24. The molecule has 5 heteroatoms. The van der Waals surface area contributed by atoms with Crippen molar-refractivity contribution in [1.29, 1.82) is 0 Å². The first kappa shape index (κ1) is 15.3. The molecule has 0 bridgehead atoms. The van der Waals surface area contributed by atoms with E-state index in [2.05, 4.69) is 0 Å². The number of ether oxygens (including phenoxy) is 1. The van der Waals surface area contributed by atoms with Crippen molar-refractivity contribution < 1.29 is 14.6 Å². The zero-order valence-electron chi connectivity index (χ0n) is 11.7. The summed E-state index contributed by atoms with van der Waals surface area (Å²) in [4.78, 5) is 12.4. The molecule has 0 heterocycles. The van der Waals surface area contributed by atoms with Crippen molar-refractivity contribution in [2.75, 3.05) is 18.6 Å². The van der Waals surface area contributed by atoms with Crippen LogP contribution in [0.15, 0.2) is 53.4 Å². The molecule has 0 saturated heterocycles. The van der Waals surface area contributed by atoms with Gasteiger partial charge in [-0.05, 0) is 29.8 Å². The van der Waals surface area contributed by atoms with Crippen molar-refractivity contribution in [2.24, 2.45) is 0 Å². The molecule has 0 radical (unpaired) electrons. The molecule has 110 valence electrons. The normalized spacial score (nSPS) is 11.9. The summed E-state index contributed by atoms with van der Waals surface area (Å²) >= 11 is 1.45. The average Bonchev–Trinajstić information content (AvgIpc) is 2.49. The minimum Gasteiger partial charge on any atom is -0.497 e. The van der Waals surface area contributed by atoms with E-state index in [-0.39, 0.29) is 0 Å². The Morgan fingerprint density at radius 3 is 2.48 bits per heavy atom. The highest BCUT2D eigenvalue weighted by atomic mass is 32.2. The van der Waals surface area contributed by atoms with E-state index < -0.39 is 11.9 Å². The summed E-state index contributed by atoms with van der Waals surface area (Å²) in [6, 6.07) is 14.6. The largest absolute Gasteiger partial charge is 0.497 e. The van der Waals surface area contributed by atoms with Crippen LogP contribution in [-0.2, 0) is 4.79 Å². The first-order valence-corrected chi connectivity index (χ1v) is 7.44. The summed E-state index contributed by atoms with van der Waals surface area (Å²) < 4.78 is 5.09. The zero-order valence-corrected chi connectivity index (χ0v) is 12.5. The molecule has 2 aromatic rings. The number of aliphatic carboxylic acids is 1. The maximum Gasteiger partial charge on any atom is 0.311 e. The van der Waals surface area contributed by atoms with E-state index in [0.29, 0.717) is 17.2 Å². The van der Waals surface area contributed by atoms with Gasteiger partial charge in [0.2, 0.25) is 0 Å². The quantitative estimate of drug-likeness (QED) is 0.633. The Labute approximate surface area is 127 Å². The molecular formula is C16H17NO3S. The van der Waals surface area contributed by atoms with Crippen LogP contribution < -0.4 is 10.5 Å². The van der Waals surface area contributed by atoms with Crippen molar-refractivity contribution in [2.45, 2.75) is 10.8 Å². The molecule has 0 amide bonds. The Morgan fingerprint density at radius 2 is 1.90 bits per heavy atom. The molecule has 2 rings (SSSR count). The second kappa shape index (κ2) is 7.04. The van der Waals surface area contributed by atoms with Crippen molar-refractivity contribution in [1.82, 2.24) is 0 Å². The highest BCUT2D eigenvalue weighted by molar-refractivity contribution is 7.99. The number of thioether (sulfide) groups is 1. The lowest BCUT2D eigenvalue weighted by atomic mass is 10.0. The standard InChI is InChI=1S/C16H17NO3S/c1-20-12-8-6-11(7-9-12)13(16(18)19)10-21-15-5-3-2-4-14(15)17/h2-9,13H,10,17H2,1H3,(H,18,19).